The van der Waals surface area contributed by atoms with Crippen molar-refractivity contribution in [1.29, 1.82) is 0 Å². The van der Waals surface area contributed by atoms with Crippen LogP contribution in [0.4, 0.5) is 0 Å². The molecule has 22 heavy (non-hydrogen) atoms. The minimum atomic E-state index is -0.292. The van der Waals surface area contributed by atoms with Crippen LogP contribution >= 0.6 is 0 Å². The molecule has 2 nitrogen and oxygen atoms in total. The van der Waals surface area contributed by atoms with Gasteiger partial charge in [0.05, 0.1) is 0 Å². The summed E-state index contributed by atoms with van der Waals surface area (Å²) in [5, 5.41) is 0. The molecule has 0 radical (unpaired) electrons. The third-order valence-corrected chi connectivity index (χ3v) is 5.81. The maximum Gasteiger partial charge on any atom is 0.225 e. The normalized spacial score (nSPS) is 30.4. The lowest BCUT2D eigenvalue weighted by molar-refractivity contribution is -0.143. The Morgan fingerprint density at radius 2 is 1.55 bits per heavy atom. The van der Waals surface area contributed by atoms with E-state index >= 15 is 0 Å². The van der Waals surface area contributed by atoms with Crippen molar-refractivity contribution in [1.82, 2.24) is 0 Å². The van der Waals surface area contributed by atoms with Crippen molar-refractivity contribution in [2.45, 2.75) is 68.2 Å². The van der Waals surface area contributed by atoms with E-state index in [0.29, 0.717) is 5.57 Å². The number of carbonyl (C=O) groups excluding carboxylic acids is 2. The van der Waals surface area contributed by atoms with Crippen LogP contribution in [0, 0.1) is 22.2 Å². The maximum atomic E-state index is 12.9. The fourth-order valence-corrected chi connectivity index (χ4v) is 4.03. The average molecular weight is 302 g/mol. The van der Waals surface area contributed by atoms with Gasteiger partial charge < -0.3 is 0 Å². The Balaban J connectivity index is 2.75. The van der Waals surface area contributed by atoms with E-state index in [1.807, 2.05) is 20.8 Å². The van der Waals surface area contributed by atoms with Crippen LogP contribution in [0.5, 0.6) is 0 Å². The topological polar surface area (TPSA) is 34.1 Å². The standard InChI is InChI=1S/C20H30O2/c1-12-9-14-16(21)17(22)15(18(3,4)5)11-20(14,10-13(12)2)19(6,7)8/h11,14H,9-10H2,1-8H3. The molecular formula is C20H30O2. The van der Waals surface area contributed by atoms with Gasteiger partial charge >= 0.3 is 0 Å². The first-order valence-corrected chi connectivity index (χ1v) is 8.28. The second-order valence-corrected chi connectivity index (χ2v) is 9.29. The summed E-state index contributed by atoms with van der Waals surface area (Å²) in [5.74, 6) is -0.631. The van der Waals surface area contributed by atoms with E-state index in [4.69, 9.17) is 0 Å². The van der Waals surface area contributed by atoms with Gasteiger partial charge in [0.1, 0.15) is 0 Å². The Hall–Kier alpha value is -1.18. The summed E-state index contributed by atoms with van der Waals surface area (Å²) >= 11 is 0. The zero-order valence-corrected chi connectivity index (χ0v) is 15.4. The number of hydrogen-bond acceptors (Lipinski definition) is 2. The molecule has 2 heteroatoms. The molecule has 0 aromatic heterocycles. The fraction of sp³-hybridized carbons (Fsp3) is 0.700. The third-order valence-electron chi connectivity index (χ3n) is 5.81. The highest BCUT2D eigenvalue weighted by atomic mass is 16.2. The molecule has 122 valence electrons. The van der Waals surface area contributed by atoms with Crippen LogP contribution in [-0.4, -0.2) is 11.6 Å². The Bertz CT molecular complexity index is 590. The number of ketones is 2. The summed E-state index contributed by atoms with van der Waals surface area (Å²) in [4.78, 5) is 25.6. The zero-order chi connectivity index (χ0) is 17.1. The lowest BCUT2D eigenvalue weighted by Crippen LogP contribution is -2.52. The average Bonchev–Trinajstić information content (AvgIpc) is 2.34. The first-order chi connectivity index (χ1) is 9.81. The van der Waals surface area contributed by atoms with E-state index in [1.54, 1.807) is 0 Å². The van der Waals surface area contributed by atoms with E-state index in [9.17, 15) is 9.59 Å². The monoisotopic (exact) mass is 302 g/mol. The van der Waals surface area contributed by atoms with E-state index in [-0.39, 0.29) is 33.7 Å². The molecule has 0 bridgehead atoms. The van der Waals surface area contributed by atoms with Crippen molar-refractivity contribution in [2.75, 3.05) is 0 Å². The van der Waals surface area contributed by atoms with Crippen LogP contribution in [0.15, 0.2) is 22.8 Å². The smallest absolute Gasteiger partial charge is 0.225 e. The van der Waals surface area contributed by atoms with E-state index < -0.39 is 0 Å². The highest BCUT2D eigenvalue weighted by molar-refractivity contribution is 6.45. The lowest BCUT2D eigenvalue weighted by atomic mass is 9.49. The van der Waals surface area contributed by atoms with E-state index in [0.717, 1.165) is 12.8 Å². The molecule has 0 saturated carbocycles. The molecule has 0 aromatic rings. The molecule has 0 aliphatic heterocycles. The molecule has 2 atom stereocenters. The second-order valence-electron chi connectivity index (χ2n) is 9.29. The van der Waals surface area contributed by atoms with Gasteiger partial charge in [-0.15, -0.1) is 0 Å². The summed E-state index contributed by atoms with van der Waals surface area (Å²) in [6.45, 7) is 17.0. The number of rotatable bonds is 0. The number of hydrogen-bond donors (Lipinski definition) is 0. The number of fused-ring (bicyclic) bond motifs is 1. The second kappa shape index (κ2) is 4.91. The Kier molecular flexibility index (Phi) is 3.83. The van der Waals surface area contributed by atoms with Gasteiger partial charge in [0, 0.05) is 16.9 Å². The highest BCUT2D eigenvalue weighted by Gasteiger charge is 2.56. The molecule has 2 unspecified atom stereocenters. The van der Waals surface area contributed by atoms with Gasteiger partial charge in [0.25, 0.3) is 0 Å². The van der Waals surface area contributed by atoms with E-state index in [2.05, 4.69) is 40.7 Å². The highest BCUT2D eigenvalue weighted by Crippen LogP contribution is 2.58. The molecule has 0 fully saturated rings. The van der Waals surface area contributed by atoms with Crippen LogP contribution in [0.3, 0.4) is 0 Å². The predicted molar refractivity (Wildman–Crippen MR) is 90.5 cm³/mol. The van der Waals surface area contributed by atoms with Crippen molar-refractivity contribution < 1.29 is 9.59 Å². The van der Waals surface area contributed by atoms with Crippen molar-refractivity contribution >= 4 is 11.6 Å². The van der Waals surface area contributed by atoms with Crippen molar-refractivity contribution in [3.63, 3.8) is 0 Å². The summed E-state index contributed by atoms with van der Waals surface area (Å²) in [6.07, 6.45) is 3.78. The SMILES string of the molecule is CC1=C(C)CC2(C(C)(C)C)C=C(C(C)(C)C)C(=O)C(=O)C2C1. The van der Waals surface area contributed by atoms with Gasteiger partial charge in [-0.2, -0.15) is 0 Å². The van der Waals surface area contributed by atoms with Gasteiger partial charge in [-0.05, 0) is 37.5 Å². The van der Waals surface area contributed by atoms with Crippen LogP contribution in [0.2, 0.25) is 0 Å². The lowest BCUT2D eigenvalue weighted by Gasteiger charge is -2.53. The van der Waals surface area contributed by atoms with Crippen LogP contribution in [-0.2, 0) is 9.59 Å². The van der Waals surface area contributed by atoms with Gasteiger partial charge in [0.15, 0.2) is 0 Å². The summed E-state index contributed by atoms with van der Waals surface area (Å²) in [7, 11) is 0. The van der Waals surface area contributed by atoms with Gasteiger partial charge in [-0.3, -0.25) is 9.59 Å². The fourth-order valence-electron chi connectivity index (χ4n) is 4.03. The molecular weight excluding hydrogens is 272 g/mol. The first-order valence-electron chi connectivity index (χ1n) is 8.28. The molecule has 2 aliphatic carbocycles. The van der Waals surface area contributed by atoms with Crippen LogP contribution in [0.25, 0.3) is 0 Å². The van der Waals surface area contributed by atoms with Crippen molar-refractivity contribution in [3.8, 4) is 0 Å². The van der Waals surface area contributed by atoms with Crippen LogP contribution in [0.1, 0.15) is 68.2 Å². The molecule has 2 rings (SSSR count). The number of Topliss-reactive ketones (excluding diaryl/α,β-unsaturated/α-hetero) is 2. The zero-order valence-electron chi connectivity index (χ0n) is 15.4. The van der Waals surface area contributed by atoms with Crippen molar-refractivity contribution in [3.05, 3.63) is 22.8 Å². The molecule has 2 aliphatic rings. The van der Waals surface area contributed by atoms with Gasteiger partial charge in [-0.1, -0.05) is 58.8 Å². The van der Waals surface area contributed by atoms with E-state index in [1.165, 1.54) is 11.1 Å². The number of carbonyl (C=O) groups is 2. The largest absolute Gasteiger partial charge is 0.290 e. The minimum absolute atomic E-state index is 0.0630. The van der Waals surface area contributed by atoms with Crippen LogP contribution < -0.4 is 0 Å². The summed E-state index contributed by atoms with van der Waals surface area (Å²) in [6, 6.07) is 0. The Morgan fingerprint density at radius 1 is 1.00 bits per heavy atom. The predicted octanol–water partition coefficient (Wildman–Crippen LogP) is 4.89. The van der Waals surface area contributed by atoms with Crippen molar-refractivity contribution in [2.24, 2.45) is 22.2 Å². The molecule has 0 N–H and O–H groups in total. The summed E-state index contributed by atoms with van der Waals surface area (Å²) in [5.41, 5.74) is 2.75. The molecule has 0 spiro atoms. The van der Waals surface area contributed by atoms with Gasteiger partial charge in [-0.25, -0.2) is 0 Å². The quantitative estimate of drug-likeness (QED) is 0.471. The molecule has 0 amide bonds. The molecule has 0 aromatic carbocycles. The Labute approximate surface area is 135 Å². The summed E-state index contributed by atoms with van der Waals surface area (Å²) < 4.78 is 0. The van der Waals surface area contributed by atoms with Gasteiger partial charge in [0.2, 0.25) is 11.6 Å². The number of allylic oxidation sites excluding steroid dienone is 4. The third kappa shape index (κ3) is 2.41. The minimum Gasteiger partial charge on any atom is -0.290 e. The molecule has 0 heterocycles. The molecule has 0 saturated heterocycles. The Morgan fingerprint density at radius 3 is 2.00 bits per heavy atom. The first kappa shape index (κ1) is 17.2. The maximum absolute atomic E-state index is 12.9.